The second-order valence-electron chi connectivity index (χ2n) is 5.24. The van der Waals surface area contributed by atoms with Crippen LogP contribution >= 0.6 is 0 Å². The lowest BCUT2D eigenvalue weighted by molar-refractivity contribution is -0.170. The van der Waals surface area contributed by atoms with Crippen molar-refractivity contribution in [1.29, 1.82) is 0 Å². The Balaban J connectivity index is 1.79. The number of likely N-dealkylation sites (tertiary alicyclic amines) is 1. The standard InChI is InChI=1S/C11H18F3N3O/c12-11(13,14)10(3-4-10)16-9(18)7-17-5-1-8(15)2-6-17/h8H,1-7,15H2,(H,16,18). The topological polar surface area (TPSA) is 58.4 Å². The van der Waals surface area contributed by atoms with Crippen LogP contribution in [0, 0.1) is 0 Å². The molecule has 0 unspecified atom stereocenters. The maximum absolute atomic E-state index is 12.6. The fourth-order valence-electron chi connectivity index (χ4n) is 2.22. The molecular weight excluding hydrogens is 247 g/mol. The minimum absolute atomic E-state index is 0.00683. The van der Waals surface area contributed by atoms with E-state index in [9.17, 15) is 18.0 Å². The van der Waals surface area contributed by atoms with E-state index >= 15 is 0 Å². The average Bonchev–Trinajstić information content (AvgIpc) is 3.01. The molecule has 1 aliphatic carbocycles. The van der Waals surface area contributed by atoms with Gasteiger partial charge in [-0.25, -0.2) is 0 Å². The van der Waals surface area contributed by atoms with Gasteiger partial charge in [-0.15, -0.1) is 0 Å². The van der Waals surface area contributed by atoms with Crippen LogP contribution in [0.2, 0.25) is 0 Å². The number of halogens is 3. The first-order chi connectivity index (χ1) is 8.32. The molecule has 2 rings (SSSR count). The normalized spacial score (nSPS) is 24.9. The van der Waals surface area contributed by atoms with Crippen LogP contribution in [0.15, 0.2) is 0 Å². The maximum Gasteiger partial charge on any atom is 0.411 e. The highest BCUT2D eigenvalue weighted by molar-refractivity contribution is 5.79. The van der Waals surface area contributed by atoms with E-state index in [0.29, 0.717) is 13.1 Å². The van der Waals surface area contributed by atoms with Crippen LogP contribution in [-0.2, 0) is 4.79 Å². The highest BCUT2D eigenvalue weighted by atomic mass is 19.4. The van der Waals surface area contributed by atoms with Gasteiger partial charge in [-0.1, -0.05) is 0 Å². The predicted molar refractivity (Wildman–Crippen MR) is 59.8 cm³/mol. The molecule has 0 bridgehead atoms. The first kappa shape index (κ1) is 13.6. The summed E-state index contributed by atoms with van der Waals surface area (Å²) in [4.78, 5) is 13.5. The summed E-state index contributed by atoms with van der Waals surface area (Å²) in [6, 6.07) is 0.147. The monoisotopic (exact) mass is 265 g/mol. The summed E-state index contributed by atoms with van der Waals surface area (Å²) < 4.78 is 37.9. The van der Waals surface area contributed by atoms with Crippen LogP contribution in [-0.4, -0.2) is 48.2 Å². The average molecular weight is 265 g/mol. The van der Waals surface area contributed by atoms with Crippen molar-refractivity contribution in [2.45, 2.75) is 43.4 Å². The summed E-state index contributed by atoms with van der Waals surface area (Å²) in [6.45, 7) is 1.38. The third-order valence-corrected chi connectivity index (χ3v) is 3.67. The predicted octanol–water partition coefficient (Wildman–Crippen LogP) is 0.621. The molecule has 2 aliphatic rings. The molecule has 0 aromatic carbocycles. The molecule has 4 nitrogen and oxygen atoms in total. The number of carbonyl (C=O) groups is 1. The molecule has 1 saturated heterocycles. The van der Waals surface area contributed by atoms with E-state index in [4.69, 9.17) is 5.73 Å². The quantitative estimate of drug-likeness (QED) is 0.786. The minimum Gasteiger partial charge on any atom is -0.341 e. The number of alkyl halides is 3. The van der Waals surface area contributed by atoms with Crippen LogP contribution in [0.4, 0.5) is 13.2 Å². The third kappa shape index (κ3) is 2.95. The number of hydrogen-bond acceptors (Lipinski definition) is 3. The molecule has 7 heteroatoms. The van der Waals surface area contributed by atoms with Crippen LogP contribution < -0.4 is 11.1 Å². The molecule has 0 spiro atoms. The molecule has 1 heterocycles. The van der Waals surface area contributed by atoms with E-state index in [0.717, 1.165) is 12.8 Å². The molecule has 3 N–H and O–H groups in total. The first-order valence-corrected chi connectivity index (χ1v) is 6.18. The van der Waals surface area contributed by atoms with E-state index in [1.165, 1.54) is 0 Å². The summed E-state index contributed by atoms with van der Waals surface area (Å²) in [5.41, 5.74) is 3.77. The summed E-state index contributed by atoms with van der Waals surface area (Å²) in [6.07, 6.45) is -2.78. The van der Waals surface area contributed by atoms with Crippen molar-refractivity contribution in [2.75, 3.05) is 19.6 Å². The number of nitrogens with one attached hydrogen (secondary N) is 1. The van der Waals surface area contributed by atoms with Crippen molar-refractivity contribution >= 4 is 5.91 Å². The smallest absolute Gasteiger partial charge is 0.341 e. The summed E-state index contributed by atoms with van der Waals surface area (Å²) in [5.74, 6) is -0.541. The lowest BCUT2D eigenvalue weighted by Gasteiger charge is -2.30. The lowest BCUT2D eigenvalue weighted by atomic mass is 10.1. The Bertz CT molecular complexity index is 320. The maximum atomic E-state index is 12.6. The summed E-state index contributed by atoms with van der Waals surface area (Å²) >= 11 is 0. The second-order valence-corrected chi connectivity index (χ2v) is 5.24. The lowest BCUT2D eigenvalue weighted by Crippen LogP contribution is -2.52. The van der Waals surface area contributed by atoms with Crippen LogP contribution in [0.1, 0.15) is 25.7 Å². The number of piperidine rings is 1. The minimum atomic E-state index is -4.34. The number of carbonyl (C=O) groups excluding carboxylic acids is 1. The molecule has 104 valence electrons. The fourth-order valence-corrected chi connectivity index (χ4v) is 2.22. The van der Waals surface area contributed by atoms with E-state index in [1.54, 1.807) is 0 Å². The van der Waals surface area contributed by atoms with Crippen molar-refractivity contribution in [3.8, 4) is 0 Å². The van der Waals surface area contributed by atoms with Gasteiger partial charge in [0, 0.05) is 19.1 Å². The third-order valence-electron chi connectivity index (χ3n) is 3.67. The second kappa shape index (κ2) is 4.70. The highest BCUT2D eigenvalue weighted by Crippen LogP contribution is 2.48. The zero-order chi connectivity index (χ0) is 13.4. The zero-order valence-corrected chi connectivity index (χ0v) is 10.1. The van der Waals surface area contributed by atoms with Gasteiger partial charge in [-0.05, 0) is 25.7 Å². The summed E-state index contributed by atoms with van der Waals surface area (Å²) in [7, 11) is 0. The number of rotatable bonds is 3. The van der Waals surface area contributed by atoms with Crippen LogP contribution in [0.5, 0.6) is 0 Å². The Hall–Kier alpha value is -0.820. The molecule has 0 aromatic rings. The van der Waals surface area contributed by atoms with Gasteiger partial charge in [0.1, 0.15) is 5.54 Å². The van der Waals surface area contributed by atoms with Crippen molar-refractivity contribution < 1.29 is 18.0 Å². The Morgan fingerprint density at radius 2 is 1.89 bits per heavy atom. The number of hydrogen-bond donors (Lipinski definition) is 2. The number of nitrogens with two attached hydrogens (primary N) is 1. The van der Waals surface area contributed by atoms with Crippen LogP contribution in [0.25, 0.3) is 0 Å². The van der Waals surface area contributed by atoms with Gasteiger partial charge >= 0.3 is 6.18 Å². The van der Waals surface area contributed by atoms with Gasteiger partial charge in [0.05, 0.1) is 6.54 Å². The molecule has 2 fully saturated rings. The number of amides is 1. The Morgan fingerprint density at radius 1 is 1.33 bits per heavy atom. The molecule has 18 heavy (non-hydrogen) atoms. The molecular formula is C11H18F3N3O. The van der Waals surface area contributed by atoms with Gasteiger partial charge in [0.2, 0.25) is 5.91 Å². The Kier molecular flexibility index (Phi) is 3.55. The molecule has 0 radical (unpaired) electrons. The van der Waals surface area contributed by atoms with Crippen molar-refractivity contribution in [2.24, 2.45) is 5.73 Å². The highest BCUT2D eigenvalue weighted by Gasteiger charge is 2.64. The Labute approximate surface area is 104 Å². The van der Waals surface area contributed by atoms with Gasteiger partial charge < -0.3 is 11.1 Å². The van der Waals surface area contributed by atoms with Gasteiger partial charge in [-0.3, -0.25) is 9.69 Å². The van der Waals surface area contributed by atoms with Gasteiger partial charge in [0.15, 0.2) is 0 Å². The SMILES string of the molecule is NC1CCN(CC(=O)NC2(C(F)(F)F)CC2)CC1. The molecule has 0 atom stereocenters. The molecule has 1 aliphatic heterocycles. The zero-order valence-electron chi connectivity index (χ0n) is 10.1. The van der Waals surface area contributed by atoms with Crippen molar-refractivity contribution in [1.82, 2.24) is 10.2 Å². The van der Waals surface area contributed by atoms with E-state index in [-0.39, 0.29) is 25.4 Å². The molecule has 1 amide bonds. The van der Waals surface area contributed by atoms with E-state index in [1.807, 2.05) is 4.90 Å². The van der Waals surface area contributed by atoms with Gasteiger partial charge in [0.25, 0.3) is 0 Å². The van der Waals surface area contributed by atoms with Crippen molar-refractivity contribution in [3.05, 3.63) is 0 Å². The van der Waals surface area contributed by atoms with E-state index < -0.39 is 17.6 Å². The number of nitrogens with zero attached hydrogens (tertiary/aromatic N) is 1. The largest absolute Gasteiger partial charge is 0.411 e. The van der Waals surface area contributed by atoms with E-state index in [2.05, 4.69) is 5.32 Å². The molecule has 1 saturated carbocycles. The van der Waals surface area contributed by atoms with Gasteiger partial charge in [-0.2, -0.15) is 13.2 Å². The molecule has 0 aromatic heterocycles. The summed E-state index contributed by atoms with van der Waals surface area (Å²) in [5, 5.41) is 2.13. The fraction of sp³-hybridized carbons (Fsp3) is 0.909. The Morgan fingerprint density at radius 3 is 2.33 bits per heavy atom. The van der Waals surface area contributed by atoms with Crippen LogP contribution in [0.3, 0.4) is 0 Å². The van der Waals surface area contributed by atoms with Crippen molar-refractivity contribution in [3.63, 3.8) is 0 Å². The first-order valence-electron chi connectivity index (χ1n) is 6.18.